The summed E-state index contributed by atoms with van der Waals surface area (Å²) < 4.78 is 10.3. The van der Waals surface area contributed by atoms with Crippen LogP contribution in [0.3, 0.4) is 0 Å². The fourth-order valence-corrected chi connectivity index (χ4v) is 2.74. The van der Waals surface area contributed by atoms with Gasteiger partial charge in [0.25, 0.3) is 5.91 Å². The average Bonchev–Trinajstić information content (AvgIpc) is 2.62. The molecule has 0 aliphatic rings. The molecule has 6 heteroatoms. The first-order valence-electron chi connectivity index (χ1n) is 7.67. The topological polar surface area (TPSA) is 68.5 Å². The van der Waals surface area contributed by atoms with E-state index < -0.39 is 11.5 Å². The number of fused-ring (bicyclic) bond motifs is 1. The highest BCUT2D eigenvalue weighted by molar-refractivity contribution is 6.34. The molecule has 1 aromatic heterocycles. The lowest BCUT2D eigenvalue weighted by atomic mass is 10.1. The number of nitrogens with one attached hydrogen (secondary N) is 1. The van der Waals surface area contributed by atoms with E-state index in [0.29, 0.717) is 10.4 Å². The Labute approximate surface area is 149 Å². The van der Waals surface area contributed by atoms with Gasteiger partial charge in [-0.25, -0.2) is 4.79 Å². The Morgan fingerprint density at radius 2 is 1.92 bits per heavy atom. The van der Waals surface area contributed by atoms with Crippen molar-refractivity contribution >= 4 is 28.5 Å². The SMILES string of the molecule is COc1ccc([C@@H](C)NC(=O)c2cc3cccc(Cl)c3oc2=O)cc1. The molecule has 1 heterocycles. The Balaban J connectivity index is 1.86. The molecule has 0 bridgehead atoms. The summed E-state index contributed by atoms with van der Waals surface area (Å²) in [6, 6.07) is 13.6. The van der Waals surface area contributed by atoms with Crippen LogP contribution >= 0.6 is 11.6 Å². The first-order valence-corrected chi connectivity index (χ1v) is 8.04. The van der Waals surface area contributed by atoms with Crippen molar-refractivity contribution in [2.75, 3.05) is 7.11 Å². The molecular formula is C19H16ClNO4. The van der Waals surface area contributed by atoms with Crippen LogP contribution in [0.25, 0.3) is 11.0 Å². The maximum atomic E-state index is 12.5. The van der Waals surface area contributed by atoms with Gasteiger partial charge in [-0.15, -0.1) is 0 Å². The van der Waals surface area contributed by atoms with Gasteiger partial charge in [0.15, 0.2) is 5.58 Å². The molecule has 128 valence electrons. The number of rotatable bonds is 4. The Morgan fingerprint density at radius 3 is 2.60 bits per heavy atom. The van der Waals surface area contributed by atoms with Crippen LogP contribution in [0.1, 0.15) is 28.9 Å². The van der Waals surface area contributed by atoms with Gasteiger partial charge < -0.3 is 14.5 Å². The molecule has 5 nitrogen and oxygen atoms in total. The molecule has 0 aliphatic heterocycles. The van der Waals surface area contributed by atoms with Gasteiger partial charge in [0, 0.05) is 5.39 Å². The van der Waals surface area contributed by atoms with Gasteiger partial charge in [0.2, 0.25) is 0 Å². The van der Waals surface area contributed by atoms with Gasteiger partial charge in [0.05, 0.1) is 18.2 Å². The predicted octanol–water partition coefficient (Wildman–Crippen LogP) is 3.95. The monoisotopic (exact) mass is 357 g/mol. The Hall–Kier alpha value is -2.79. The van der Waals surface area contributed by atoms with E-state index in [1.165, 1.54) is 6.07 Å². The minimum Gasteiger partial charge on any atom is -0.497 e. The van der Waals surface area contributed by atoms with Crippen molar-refractivity contribution in [2.24, 2.45) is 0 Å². The van der Waals surface area contributed by atoms with E-state index in [4.69, 9.17) is 20.8 Å². The number of amides is 1. The molecule has 0 spiro atoms. The second-order valence-corrected chi connectivity index (χ2v) is 5.98. The summed E-state index contributed by atoms with van der Waals surface area (Å²) in [5.41, 5.74) is 0.381. The third-order valence-corrected chi connectivity index (χ3v) is 4.22. The normalized spacial score (nSPS) is 12.0. The summed E-state index contributed by atoms with van der Waals surface area (Å²) in [5, 5.41) is 3.72. The molecule has 3 rings (SSSR count). The lowest BCUT2D eigenvalue weighted by Gasteiger charge is -2.14. The van der Waals surface area contributed by atoms with Crippen molar-refractivity contribution in [3.63, 3.8) is 0 Å². The third-order valence-electron chi connectivity index (χ3n) is 3.92. The summed E-state index contributed by atoms with van der Waals surface area (Å²) in [4.78, 5) is 24.6. The molecule has 2 aromatic carbocycles. The summed E-state index contributed by atoms with van der Waals surface area (Å²) in [7, 11) is 1.59. The Bertz CT molecular complexity index is 979. The Kier molecular flexibility index (Phi) is 4.76. The standard InChI is InChI=1S/C19H16ClNO4/c1-11(12-6-8-14(24-2)9-7-12)21-18(22)15-10-13-4-3-5-16(20)17(13)25-19(15)23/h3-11H,1-2H3,(H,21,22)/t11-/m1/s1. The van der Waals surface area contributed by atoms with Crippen molar-refractivity contribution in [1.29, 1.82) is 0 Å². The molecular weight excluding hydrogens is 342 g/mol. The molecule has 0 saturated heterocycles. The number of hydrogen-bond donors (Lipinski definition) is 1. The van der Waals surface area contributed by atoms with Crippen molar-refractivity contribution in [1.82, 2.24) is 5.32 Å². The van der Waals surface area contributed by atoms with Gasteiger partial charge in [-0.1, -0.05) is 35.9 Å². The largest absolute Gasteiger partial charge is 0.497 e. The van der Waals surface area contributed by atoms with Crippen LogP contribution in [0, 0.1) is 0 Å². The smallest absolute Gasteiger partial charge is 0.349 e. The van der Waals surface area contributed by atoms with E-state index in [1.807, 2.05) is 31.2 Å². The van der Waals surface area contributed by atoms with Crippen molar-refractivity contribution < 1.29 is 13.9 Å². The summed E-state index contributed by atoms with van der Waals surface area (Å²) >= 11 is 6.01. The minimum absolute atomic E-state index is 0.0601. The molecule has 1 N–H and O–H groups in total. The number of hydrogen-bond acceptors (Lipinski definition) is 4. The number of carbonyl (C=O) groups excluding carboxylic acids is 1. The zero-order valence-corrected chi connectivity index (χ0v) is 14.5. The highest BCUT2D eigenvalue weighted by Crippen LogP contribution is 2.23. The number of para-hydroxylation sites is 1. The molecule has 0 fully saturated rings. The van der Waals surface area contributed by atoms with Crippen LogP contribution in [-0.4, -0.2) is 13.0 Å². The number of benzene rings is 2. The summed E-state index contributed by atoms with van der Waals surface area (Å²) in [6.07, 6.45) is 0. The highest BCUT2D eigenvalue weighted by atomic mass is 35.5. The quantitative estimate of drug-likeness (QED) is 0.718. The van der Waals surface area contributed by atoms with E-state index in [0.717, 1.165) is 11.3 Å². The second-order valence-electron chi connectivity index (χ2n) is 5.57. The zero-order valence-electron chi connectivity index (χ0n) is 13.7. The van der Waals surface area contributed by atoms with Crippen LogP contribution < -0.4 is 15.7 Å². The molecule has 1 atom stereocenters. The molecule has 3 aromatic rings. The molecule has 25 heavy (non-hydrogen) atoms. The van der Waals surface area contributed by atoms with E-state index in [2.05, 4.69) is 5.32 Å². The van der Waals surface area contributed by atoms with Crippen molar-refractivity contribution in [2.45, 2.75) is 13.0 Å². The Morgan fingerprint density at radius 1 is 1.20 bits per heavy atom. The van der Waals surface area contributed by atoms with Crippen molar-refractivity contribution in [3.8, 4) is 5.75 Å². The van der Waals surface area contributed by atoms with Crippen LogP contribution in [0.5, 0.6) is 5.75 Å². The van der Waals surface area contributed by atoms with Gasteiger partial charge >= 0.3 is 5.63 Å². The zero-order chi connectivity index (χ0) is 18.0. The second kappa shape index (κ2) is 6.99. The molecule has 0 unspecified atom stereocenters. The van der Waals surface area contributed by atoms with Gasteiger partial charge in [-0.3, -0.25) is 4.79 Å². The summed E-state index contributed by atoms with van der Waals surface area (Å²) in [6.45, 7) is 1.83. The number of halogens is 1. The predicted molar refractivity (Wildman–Crippen MR) is 96.4 cm³/mol. The van der Waals surface area contributed by atoms with Crippen LogP contribution in [-0.2, 0) is 0 Å². The van der Waals surface area contributed by atoms with Crippen LogP contribution in [0.15, 0.2) is 57.7 Å². The fourth-order valence-electron chi connectivity index (χ4n) is 2.52. The van der Waals surface area contributed by atoms with Gasteiger partial charge in [0.1, 0.15) is 11.3 Å². The lowest BCUT2D eigenvalue weighted by molar-refractivity contribution is 0.0936. The van der Waals surface area contributed by atoms with E-state index in [1.54, 1.807) is 25.3 Å². The number of methoxy groups -OCH3 is 1. The third kappa shape index (κ3) is 3.51. The van der Waals surface area contributed by atoms with Gasteiger partial charge in [-0.05, 0) is 36.8 Å². The maximum absolute atomic E-state index is 12.5. The molecule has 0 aliphatic carbocycles. The lowest BCUT2D eigenvalue weighted by Crippen LogP contribution is -2.30. The van der Waals surface area contributed by atoms with E-state index >= 15 is 0 Å². The minimum atomic E-state index is -0.722. The number of carbonyl (C=O) groups is 1. The fraction of sp³-hybridized carbons (Fsp3) is 0.158. The summed E-state index contributed by atoms with van der Waals surface area (Å²) in [5.74, 6) is 0.230. The van der Waals surface area contributed by atoms with Crippen LogP contribution in [0.4, 0.5) is 0 Å². The first-order chi connectivity index (χ1) is 12.0. The van der Waals surface area contributed by atoms with Crippen LogP contribution in [0.2, 0.25) is 5.02 Å². The van der Waals surface area contributed by atoms with Gasteiger partial charge in [-0.2, -0.15) is 0 Å². The average molecular weight is 358 g/mol. The molecule has 0 radical (unpaired) electrons. The van der Waals surface area contributed by atoms with E-state index in [-0.39, 0.29) is 17.2 Å². The first kappa shape index (κ1) is 17.0. The molecule has 1 amide bonds. The molecule has 0 saturated carbocycles. The highest BCUT2D eigenvalue weighted by Gasteiger charge is 2.17. The van der Waals surface area contributed by atoms with Crippen molar-refractivity contribution in [3.05, 3.63) is 75.1 Å². The number of ether oxygens (including phenoxy) is 1. The maximum Gasteiger partial charge on any atom is 0.349 e. The van der Waals surface area contributed by atoms with E-state index in [9.17, 15) is 9.59 Å².